The van der Waals surface area contributed by atoms with Crippen molar-refractivity contribution in [3.63, 3.8) is 0 Å². The van der Waals surface area contributed by atoms with Gasteiger partial charge in [0, 0.05) is 24.8 Å². The van der Waals surface area contributed by atoms with Gasteiger partial charge in [-0.05, 0) is 31.0 Å². The second-order valence-electron chi connectivity index (χ2n) is 6.33. The number of non-ortho nitro benzene ring substituents is 1. The van der Waals surface area contributed by atoms with Crippen LogP contribution in [0.15, 0.2) is 48.5 Å². The van der Waals surface area contributed by atoms with Crippen molar-refractivity contribution < 1.29 is 14.6 Å². The maximum Gasteiger partial charge on any atom is 0.299 e. The number of para-hydroxylation sites is 1. The molecule has 1 saturated heterocycles. The lowest BCUT2D eigenvalue weighted by Gasteiger charge is -2.33. The average molecular weight is 370 g/mol. The zero-order chi connectivity index (χ0) is 19.4. The third kappa shape index (κ3) is 4.20. The molecule has 9 nitrogen and oxygen atoms in total. The van der Waals surface area contributed by atoms with E-state index >= 15 is 0 Å². The molecular formula is C18H18N4O5. The zero-order valence-electron chi connectivity index (χ0n) is 14.4. The fourth-order valence-corrected chi connectivity index (χ4v) is 3.21. The quantitative estimate of drug-likeness (QED) is 0.637. The fraction of sp³-hybridized carbons (Fsp3) is 0.278. The van der Waals surface area contributed by atoms with Crippen LogP contribution < -0.4 is 10.2 Å². The maximum atomic E-state index is 12.5. The Morgan fingerprint density at radius 2 is 1.81 bits per heavy atom. The number of amides is 1. The van der Waals surface area contributed by atoms with Crippen molar-refractivity contribution in [1.82, 2.24) is 0 Å². The molecule has 1 heterocycles. The van der Waals surface area contributed by atoms with Crippen molar-refractivity contribution in [2.75, 3.05) is 23.3 Å². The van der Waals surface area contributed by atoms with Gasteiger partial charge in [0.1, 0.15) is 5.69 Å². The topological polar surface area (TPSA) is 119 Å². The molecule has 0 bridgehead atoms. The Bertz CT molecular complexity index is 871. The van der Waals surface area contributed by atoms with E-state index in [4.69, 9.17) is 0 Å². The van der Waals surface area contributed by atoms with E-state index in [1.54, 1.807) is 17.0 Å². The number of anilines is 2. The molecule has 1 fully saturated rings. The number of rotatable bonds is 5. The number of carbonyl (C=O) groups excluding carboxylic acids is 1. The highest BCUT2D eigenvalue weighted by Gasteiger charge is 2.30. The van der Waals surface area contributed by atoms with Gasteiger partial charge in [-0.2, -0.15) is 0 Å². The van der Waals surface area contributed by atoms with Crippen LogP contribution >= 0.6 is 0 Å². The first-order chi connectivity index (χ1) is 13.0. The molecule has 3 rings (SSSR count). The van der Waals surface area contributed by atoms with Gasteiger partial charge >= 0.3 is 0 Å². The van der Waals surface area contributed by atoms with E-state index in [-0.39, 0.29) is 23.2 Å². The number of hydrogen-bond acceptors (Lipinski definition) is 6. The summed E-state index contributed by atoms with van der Waals surface area (Å²) in [6.45, 7) is 0.866. The van der Waals surface area contributed by atoms with Gasteiger partial charge in [-0.1, -0.05) is 18.2 Å². The van der Waals surface area contributed by atoms with E-state index in [2.05, 4.69) is 5.32 Å². The van der Waals surface area contributed by atoms with E-state index in [9.17, 15) is 25.0 Å². The second kappa shape index (κ2) is 7.81. The van der Waals surface area contributed by atoms with Gasteiger partial charge in [0.2, 0.25) is 5.91 Å². The van der Waals surface area contributed by atoms with E-state index in [0.717, 1.165) is 6.07 Å². The second-order valence-corrected chi connectivity index (χ2v) is 6.33. The summed E-state index contributed by atoms with van der Waals surface area (Å²) in [7, 11) is 0. The number of hydrogen-bond donors (Lipinski definition) is 1. The molecular weight excluding hydrogens is 352 g/mol. The molecule has 0 saturated carbocycles. The van der Waals surface area contributed by atoms with Gasteiger partial charge in [-0.25, -0.2) is 0 Å². The normalized spacial score (nSPS) is 16.6. The Balaban J connectivity index is 1.79. The standard InChI is InChI=1S/C18H18N4O5/c23-18(19-14-6-2-1-3-7-14)13-5-4-10-20(12-13)16-9-8-15(21(24)25)11-17(16)22(26)27/h1-3,6-9,11,13H,4-5,10,12H2,(H,19,23). The molecule has 9 heteroatoms. The summed E-state index contributed by atoms with van der Waals surface area (Å²) in [5.41, 5.74) is 0.331. The third-order valence-corrected chi connectivity index (χ3v) is 4.54. The molecule has 1 amide bonds. The number of nitro benzene ring substituents is 2. The van der Waals surface area contributed by atoms with Gasteiger partial charge in [0.15, 0.2) is 0 Å². The van der Waals surface area contributed by atoms with E-state index in [0.29, 0.717) is 37.3 Å². The molecule has 1 atom stereocenters. The van der Waals surface area contributed by atoms with Crippen LogP contribution in [0, 0.1) is 26.1 Å². The lowest BCUT2D eigenvalue weighted by molar-refractivity contribution is -0.393. The number of carbonyl (C=O) groups is 1. The Labute approximate surface area is 154 Å². The Morgan fingerprint density at radius 1 is 1.07 bits per heavy atom. The summed E-state index contributed by atoms with van der Waals surface area (Å²) < 4.78 is 0. The van der Waals surface area contributed by atoms with E-state index in [1.165, 1.54) is 12.1 Å². The Morgan fingerprint density at radius 3 is 2.48 bits per heavy atom. The number of nitro groups is 2. The zero-order valence-corrected chi connectivity index (χ0v) is 14.4. The molecule has 27 heavy (non-hydrogen) atoms. The number of nitrogens with one attached hydrogen (secondary N) is 1. The van der Waals surface area contributed by atoms with Crippen LogP contribution in [0.4, 0.5) is 22.7 Å². The van der Waals surface area contributed by atoms with Crippen molar-refractivity contribution in [3.8, 4) is 0 Å². The van der Waals surface area contributed by atoms with Gasteiger partial charge in [0.25, 0.3) is 11.4 Å². The van der Waals surface area contributed by atoms with E-state index < -0.39 is 9.85 Å². The van der Waals surface area contributed by atoms with Crippen molar-refractivity contribution in [1.29, 1.82) is 0 Å². The van der Waals surface area contributed by atoms with Crippen molar-refractivity contribution in [2.45, 2.75) is 12.8 Å². The minimum absolute atomic E-state index is 0.143. The Hall–Kier alpha value is -3.49. The molecule has 0 spiro atoms. The summed E-state index contributed by atoms with van der Waals surface area (Å²) in [4.78, 5) is 35.3. The first-order valence-electron chi connectivity index (χ1n) is 8.49. The molecule has 0 aromatic heterocycles. The van der Waals surface area contributed by atoms with Crippen molar-refractivity contribution >= 4 is 28.7 Å². The summed E-state index contributed by atoms with van der Waals surface area (Å²) in [6.07, 6.45) is 1.37. The van der Waals surface area contributed by atoms with Crippen LogP contribution in [0.3, 0.4) is 0 Å². The number of benzene rings is 2. The summed E-state index contributed by atoms with van der Waals surface area (Å²) in [5.74, 6) is -0.468. The average Bonchev–Trinajstić information content (AvgIpc) is 2.68. The van der Waals surface area contributed by atoms with Crippen molar-refractivity contribution in [3.05, 3.63) is 68.8 Å². The highest BCUT2D eigenvalue weighted by molar-refractivity contribution is 5.93. The van der Waals surface area contributed by atoms with Crippen LogP contribution in [0.25, 0.3) is 0 Å². The van der Waals surface area contributed by atoms with Gasteiger partial charge in [-0.3, -0.25) is 25.0 Å². The minimum atomic E-state index is -0.664. The number of piperidine rings is 1. The third-order valence-electron chi connectivity index (χ3n) is 4.54. The Kier molecular flexibility index (Phi) is 5.30. The molecule has 2 aromatic carbocycles. The first-order valence-corrected chi connectivity index (χ1v) is 8.49. The lowest BCUT2D eigenvalue weighted by Crippen LogP contribution is -2.41. The molecule has 1 unspecified atom stereocenters. The van der Waals surface area contributed by atoms with Crippen LogP contribution in [0.2, 0.25) is 0 Å². The molecule has 0 aliphatic carbocycles. The summed E-state index contributed by atoms with van der Waals surface area (Å²) in [6, 6.07) is 12.7. The van der Waals surface area contributed by atoms with Crippen LogP contribution in [0.5, 0.6) is 0 Å². The minimum Gasteiger partial charge on any atom is -0.365 e. The monoisotopic (exact) mass is 370 g/mol. The molecule has 0 radical (unpaired) electrons. The van der Waals surface area contributed by atoms with Gasteiger partial charge in [-0.15, -0.1) is 0 Å². The van der Waals surface area contributed by atoms with Crippen LogP contribution in [0.1, 0.15) is 12.8 Å². The molecule has 2 aromatic rings. The SMILES string of the molecule is O=C(Nc1ccccc1)C1CCCN(c2ccc([N+](=O)[O-])cc2[N+](=O)[O-])C1. The largest absolute Gasteiger partial charge is 0.365 e. The smallest absolute Gasteiger partial charge is 0.299 e. The predicted molar refractivity (Wildman–Crippen MR) is 99.8 cm³/mol. The van der Waals surface area contributed by atoms with Crippen LogP contribution in [-0.4, -0.2) is 28.8 Å². The highest BCUT2D eigenvalue weighted by Crippen LogP contribution is 2.34. The molecule has 1 aliphatic heterocycles. The fourth-order valence-electron chi connectivity index (χ4n) is 3.21. The predicted octanol–water partition coefficient (Wildman–Crippen LogP) is 3.36. The summed E-state index contributed by atoms with van der Waals surface area (Å²) >= 11 is 0. The van der Waals surface area contributed by atoms with Crippen LogP contribution in [-0.2, 0) is 4.79 Å². The van der Waals surface area contributed by atoms with E-state index in [1.807, 2.05) is 18.2 Å². The number of nitrogens with zero attached hydrogens (tertiary/aromatic N) is 3. The lowest BCUT2D eigenvalue weighted by atomic mass is 9.96. The molecule has 1 N–H and O–H groups in total. The molecule has 1 aliphatic rings. The molecule has 140 valence electrons. The first kappa shape index (κ1) is 18.3. The van der Waals surface area contributed by atoms with Crippen molar-refractivity contribution in [2.24, 2.45) is 5.92 Å². The van der Waals surface area contributed by atoms with Gasteiger partial charge in [0.05, 0.1) is 21.8 Å². The maximum absolute atomic E-state index is 12.5. The van der Waals surface area contributed by atoms with Gasteiger partial charge < -0.3 is 10.2 Å². The summed E-state index contributed by atoms with van der Waals surface area (Å²) in [5, 5.41) is 25.1. The highest BCUT2D eigenvalue weighted by atomic mass is 16.6.